The number of hydrogen-bond acceptors (Lipinski definition) is 0. The van der Waals surface area contributed by atoms with Gasteiger partial charge in [0.25, 0.3) is 0 Å². The molecule has 128 valence electrons. The highest BCUT2D eigenvalue weighted by Gasteiger charge is 2.22. The monoisotopic (exact) mass is 356 g/mol. The van der Waals surface area contributed by atoms with Crippen LogP contribution in [0.25, 0.3) is 27.5 Å². The van der Waals surface area contributed by atoms with Gasteiger partial charge in [-0.05, 0) is 88.9 Å². The summed E-state index contributed by atoms with van der Waals surface area (Å²) in [5.74, 6) is 0. The minimum Gasteiger partial charge on any atom is -0.0843 e. The van der Waals surface area contributed by atoms with E-state index in [0.717, 1.165) is 11.4 Å². The fourth-order valence-corrected chi connectivity index (χ4v) is 4.71. The van der Waals surface area contributed by atoms with Crippen molar-refractivity contribution in [2.45, 2.75) is 32.6 Å². The van der Waals surface area contributed by atoms with Crippen LogP contribution in [-0.4, -0.2) is 0 Å². The smallest absolute Gasteiger partial charge is 0.0406 e. The van der Waals surface area contributed by atoms with Crippen LogP contribution in [0.15, 0.2) is 66.3 Å². The second kappa shape index (κ2) is 6.14. The zero-order chi connectivity index (χ0) is 17.7. The molecule has 0 saturated carbocycles. The van der Waals surface area contributed by atoms with Crippen molar-refractivity contribution in [3.8, 4) is 11.1 Å². The molecule has 0 atom stereocenters. The van der Waals surface area contributed by atoms with Crippen molar-refractivity contribution in [1.82, 2.24) is 0 Å². The number of halogens is 1. The van der Waals surface area contributed by atoms with E-state index < -0.39 is 0 Å². The topological polar surface area (TPSA) is 0 Å². The zero-order valence-corrected chi connectivity index (χ0v) is 15.7. The van der Waals surface area contributed by atoms with Gasteiger partial charge in [0.05, 0.1) is 0 Å². The van der Waals surface area contributed by atoms with Gasteiger partial charge in [0.15, 0.2) is 0 Å². The third kappa shape index (κ3) is 2.52. The highest BCUT2D eigenvalue weighted by Crippen LogP contribution is 2.43. The van der Waals surface area contributed by atoms with Crippen molar-refractivity contribution < 1.29 is 0 Å². The number of fused-ring (bicyclic) bond motifs is 4. The van der Waals surface area contributed by atoms with Crippen LogP contribution in [-0.2, 0) is 6.42 Å². The second-order valence-electron chi connectivity index (χ2n) is 7.47. The van der Waals surface area contributed by atoms with Crippen LogP contribution in [0.4, 0.5) is 0 Å². The first-order valence-corrected chi connectivity index (χ1v) is 9.79. The Morgan fingerprint density at radius 2 is 1.69 bits per heavy atom. The Hall–Kier alpha value is -2.31. The molecule has 0 spiro atoms. The molecule has 3 aromatic rings. The molecule has 2 aliphatic carbocycles. The van der Waals surface area contributed by atoms with Crippen LogP contribution < -0.4 is 0 Å². The number of aryl methyl sites for hydroxylation is 2. The van der Waals surface area contributed by atoms with Crippen LogP contribution >= 0.6 is 11.6 Å². The van der Waals surface area contributed by atoms with Crippen molar-refractivity contribution in [1.29, 1.82) is 0 Å². The highest BCUT2D eigenvalue weighted by atomic mass is 35.5. The molecule has 0 unspecified atom stereocenters. The van der Waals surface area contributed by atoms with Gasteiger partial charge in [-0.25, -0.2) is 0 Å². The average molecular weight is 357 g/mol. The van der Waals surface area contributed by atoms with E-state index in [0.29, 0.717) is 0 Å². The molecule has 3 aromatic carbocycles. The molecule has 0 heterocycles. The van der Waals surface area contributed by atoms with Gasteiger partial charge in [0.1, 0.15) is 0 Å². The van der Waals surface area contributed by atoms with E-state index in [1.165, 1.54) is 63.4 Å². The molecular weight excluding hydrogens is 336 g/mol. The summed E-state index contributed by atoms with van der Waals surface area (Å²) in [7, 11) is 0. The number of allylic oxidation sites excluding steroid dienone is 4. The van der Waals surface area contributed by atoms with Gasteiger partial charge in [-0.2, -0.15) is 0 Å². The summed E-state index contributed by atoms with van der Waals surface area (Å²) >= 11 is 6.13. The van der Waals surface area contributed by atoms with E-state index in [4.69, 9.17) is 11.6 Å². The van der Waals surface area contributed by atoms with Crippen LogP contribution in [0.2, 0.25) is 5.02 Å². The predicted octanol–water partition coefficient (Wildman–Crippen LogP) is 7.52. The maximum Gasteiger partial charge on any atom is 0.0406 e. The van der Waals surface area contributed by atoms with Crippen molar-refractivity contribution >= 4 is 27.9 Å². The zero-order valence-electron chi connectivity index (χ0n) is 15.0. The van der Waals surface area contributed by atoms with Gasteiger partial charge in [0, 0.05) is 5.02 Å². The van der Waals surface area contributed by atoms with Gasteiger partial charge in [-0.1, -0.05) is 65.7 Å². The second-order valence-corrected chi connectivity index (χ2v) is 7.90. The SMILES string of the molecule is Cc1cc(-c2ccc(Cl)cc2)c2c3c(ccc2c1)C1=C(CCC=C1)CC3. The van der Waals surface area contributed by atoms with Gasteiger partial charge in [-0.15, -0.1) is 0 Å². The molecule has 5 rings (SSSR count). The molecule has 2 aliphatic rings. The summed E-state index contributed by atoms with van der Waals surface area (Å²) in [4.78, 5) is 0. The van der Waals surface area contributed by atoms with Gasteiger partial charge in [-0.3, -0.25) is 0 Å². The molecule has 0 bridgehead atoms. The average Bonchev–Trinajstić information content (AvgIpc) is 2.67. The van der Waals surface area contributed by atoms with Crippen molar-refractivity contribution in [3.05, 3.63) is 88.0 Å². The lowest BCUT2D eigenvalue weighted by Crippen LogP contribution is -2.07. The minimum absolute atomic E-state index is 0.787. The lowest BCUT2D eigenvalue weighted by Gasteiger charge is -2.26. The molecule has 0 amide bonds. The maximum atomic E-state index is 6.13. The Morgan fingerprint density at radius 1 is 0.846 bits per heavy atom. The molecule has 0 radical (unpaired) electrons. The van der Waals surface area contributed by atoms with Gasteiger partial charge < -0.3 is 0 Å². The van der Waals surface area contributed by atoms with Crippen LogP contribution in [0.1, 0.15) is 36.0 Å². The third-order valence-corrected chi connectivity index (χ3v) is 6.02. The third-order valence-electron chi connectivity index (χ3n) is 5.77. The Bertz CT molecular complexity index is 1080. The Labute approximate surface area is 159 Å². The molecule has 0 saturated heterocycles. The summed E-state index contributed by atoms with van der Waals surface area (Å²) in [6, 6.07) is 17.6. The van der Waals surface area contributed by atoms with Crippen molar-refractivity contribution in [2.75, 3.05) is 0 Å². The fraction of sp³-hybridized carbons (Fsp3) is 0.200. The molecule has 1 heteroatoms. The van der Waals surface area contributed by atoms with Crippen LogP contribution in [0.3, 0.4) is 0 Å². The Balaban J connectivity index is 1.82. The van der Waals surface area contributed by atoms with Crippen molar-refractivity contribution in [3.63, 3.8) is 0 Å². The Morgan fingerprint density at radius 3 is 2.54 bits per heavy atom. The minimum atomic E-state index is 0.787. The standard InChI is InChI=1S/C25H21Cl/c1-16-14-19-9-12-22-21-5-3-2-4-17(21)8-13-23(22)25(19)24(15-16)18-6-10-20(26)11-7-18/h3,5-7,9-12,14-15H,2,4,8,13H2,1H3. The summed E-state index contributed by atoms with van der Waals surface area (Å²) in [5.41, 5.74) is 9.94. The normalized spacial score (nSPS) is 15.9. The lowest BCUT2D eigenvalue weighted by atomic mass is 9.78. The molecule has 26 heavy (non-hydrogen) atoms. The van der Waals surface area contributed by atoms with Gasteiger partial charge >= 0.3 is 0 Å². The number of hydrogen-bond donors (Lipinski definition) is 0. The van der Waals surface area contributed by atoms with E-state index in [1.807, 2.05) is 12.1 Å². The highest BCUT2D eigenvalue weighted by molar-refractivity contribution is 6.30. The van der Waals surface area contributed by atoms with E-state index in [9.17, 15) is 0 Å². The predicted molar refractivity (Wildman–Crippen MR) is 113 cm³/mol. The summed E-state index contributed by atoms with van der Waals surface area (Å²) in [6.07, 6.45) is 9.42. The van der Waals surface area contributed by atoms with Crippen LogP contribution in [0.5, 0.6) is 0 Å². The molecule has 0 aliphatic heterocycles. The summed E-state index contributed by atoms with van der Waals surface area (Å²) < 4.78 is 0. The quantitative estimate of drug-likeness (QED) is 0.423. The summed E-state index contributed by atoms with van der Waals surface area (Å²) in [5, 5.41) is 3.55. The largest absolute Gasteiger partial charge is 0.0843 e. The van der Waals surface area contributed by atoms with E-state index in [1.54, 1.807) is 5.57 Å². The fourth-order valence-electron chi connectivity index (χ4n) is 4.59. The molecular formula is C25H21Cl. The van der Waals surface area contributed by atoms with E-state index in [-0.39, 0.29) is 0 Å². The molecule has 0 N–H and O–H groups in total. The lowest BCUT2D eigenvalue weighted by molar-refractivity contribution is 0.831. The van der Waals surface area contributed by atoms with Gasteiger partial charge in [0.2, 0.25) is 0 Å². The molecule has 0 fully saturated rings. The van der Waals surface area contributed by atoms with Crippen molar-refractivity contribution in [2.24, 2.45) is 0 Å². The van der Waals surface area contributed by atoms with E-state index >= 15 is 0 Å². The number of benzene rings is 3. The molecule has 0 aromatic heterocycles. The van der Waals surface area contributed by atoms with E-state index in [2.05, 4.69) is 55.5 Å². The Kier molecular flexibility index (Phi) is 3.76. The first kappa shape index (κ1) is 15.9. The summed E-state index contributed by atoms with van der Waals surface area (Å²) in [6.45, 7) is 2.18. The first-order valence-electron chi connectivity index (χ1n) is 9.42. The number of rotatable bonds is 1. The first-order chi connectivity index (χ1) is 12.7. The maximum absolute atomic E-state index is 6.13. The molecule has 0 nitrogen and oxygen atoms in total. The van der Waals surface area contributed by atoms with Crippen LogP contribution in [0, 0.1) is 6.92 Å².